The van der Waals surface area contributed by atoms with Crippen molar-refractivity contribution in [3.63, 3.8) is 0 Å². The van der Waals surface area contributed by atoms with Crippen molar-refractivity contribution in [3.8, 4) is 0 Å². The Labute approximate surface area is 206 Å². The number of hydrogen-bond donors (Lipinski definition) is 3. The van der Waals surface area contributed by atoms with Gasteiger partial charge in [-0.05, 0) is 90.2 Å². The molecule has 0 spiro atoms. The average Bonchev–Trinajstić information content (AvgIpc) is 2.79. The Morgan fingerprint density at radius 3 is 2.34 bits per heavy atom. The lowest BCUT2D eigenvalue weighted by atomic mass is 9.75. The topological polar surface area (TPSA) is 144 Å². The second-order valence-corrected chi connectivity index (χ2v) is 10.5. The van der Waals surface area contributed by atoms with Crippen molar-refractivity contribution in [2.45, 2.75) is 84.3 Å². The first-order valence-electron chi connectivity index (χ1n) is 12.3. The van der Waals surface area contributed by atoms with Crippen LogP contribution in [0.25, 0.3) is 0 Å². The molecular formula is C25H37N5O5. The molecule has 4 amide bonds. The van der Waals surface area contributed by atoms with Gasteiger partial charge in [0.2, 0.25) is 5.91 Å². The fourth-order valence-electron chi connectivity index (χ4n) is 4.98. The molecule has 3 rings (SSSR count). The average molecular weight is 488 g/mol. The second kappa shape index (κ2) is 11.0. The zero-order valence-electron chi connectivity index (χ0n) is 21.1. The van der Waals surface area contributed by atoms with Crippen molar-refractivity contribution in [2.24, 2.45) is 17.6 Å². The Balaban J connectivity index is 1.61. The minimum Gasteiger partial charge on any atom is -0.444 e. The van der Waals surface area contributed by atoms with Crippen molar-refractivity contribution < 1.29 is 23.9 Å². The molecule has 10 nitrogen and oxygen atoms in total. The summed E-state index contributed by atoms with van der Waals surface area (Å²) in [5.74, 6) is -1.03. The van der Waals surface area contributed by atoms with E-state index in [2.05, 4.69) is 15.6 Å². The molecule has 2 aliphatic rings. The number of piperidine rings is 1. The van der Waals surface area contributed by atoms with Gasteiger partial charge in [0.15, 0.2) is 0 Å². The highest BCUT2D eigenvalue weighted by Crippen LogP contribution is 2.36. The molecule has 0 radical (unpaired) electrons. The van der Waals surface area contributed by atoms with E-state index in [1.54, 1.807) is 38.7 Å². The van der Waals surface area contributed by atoms with Crippen molar-refractivity contribution in [1.82, 2.24) is 9.88 Å². The minimum atomic E-state index is -0.711. The lowest BCUT2D eigenvalue weighted by Gasteiger charge is -2.42. The molecule has 1 atom stereocenters. The number of aryl methyl sites for hydroxylation is 1. The number of likely N-dealkylation sites (tertiary alicyclic amines) is 1. The molecule has 10 heteroatoms. The highest BCUT2D eigenvalue weighted by molar-refractivity contribution is 6.39. The van der Waals surface area contributed by atoms with Gasteiger partial charge in [-0.2, -0.15) is 0 Å². The van der Waals surface area contributed by atoms with Gasteiger partial charge < -0.3 is 20.7 Å². The van der Waals surface area contributed by atoms with E-state index >= 15 is 0 Å². The molecule has 2 heterocycles. The molecule has 1 saturated heterocycles. The number of aromatic nitrogens is 1. The van der Waals surface area contributed by atoms with Gasteiger partial charge in [-0.15, -0.1) is 0 Å². The van der Waals surface area contributed by atoms with Crippen LogP contribution in [0, 0.1) is 18.8 Å². The smallest absolute Gasteiger partial charge is 0.413 e. The number of nitrogens with two attached hydrogens (primary N) is 1. The zero-order chi connectivity index (χ0) is 25.8. The summed E-state index contributed by atoms with van der Waals surface area (Å²) < 4.78 is 5.23. The van der Waals surface area contributed by atoms with E-state index in [-0.39, 0.29) is 23.8 Å². The van der Waals surface area contributed by atoms with Crippen LogP contribution in [0.1, 0.15) is 71.3 Å². The molecule has 0 aromatic carbocycles. The van der Waals surface area contributed by atoms with Crippen LogP contribution in [0.3, 0.4) is 0 Å². The molecule has 1 aliphatic carbocycles. The van der Waals surface area contributed by atoms with Gasteiger partial charge in [-0.1, -0.05) is 0 Å². The number of anilines is 2. The molecule has 0 unspecified atom stereocenters. The van der Waals surface area contributed by atoms with Crippen LogP contribution in [-0.2, 0) is 19.1 Å². The molecule has 192 valence electrons. The summed E-state index contributed by atoms with van der Waals surface area (Å²) in [6.07, 6.45) is 6.64. The first-order valence-corrected chi connectivity index (χ1v) is 12.3. The van der Waals surface area contributed by atoms with Crippen LogP contribution in [0.5, 0.6) is 0 Å². The third-order valence-corrected chi connectivity index (χ3v) is 6.68. The van der Waals surface area contributed by atoms with Gasteiger partial charge in [0.05, 0.1) is 11.9 Å². The van der Waals surface area contributed by atoms with Crippen molar-refractivity contribution in [3.05, 3.63) is 17.8 Å². The number of carbonyl (C=O) groups excluding carboxylic acids is 4. The van der Waals surface area contributed by atoms with Gasteiger partial charge in [0.25, 0.3) is 0 Å². The van der Waals surface area contributed by atoms with Crippen LogP contribution in [0.15, 0.2) is 12.3 Å². The summed E-state index contributed by atoms with van der Waals surface area (Å²) in [5, 5.41) is 5.23. The summed E-state index contributed by atoms with van der Waals surface area (Å²) >= 11 is 0. The summed E-state index contributed by atoms with van der Waals surface area (Å²) in [6, 6.07) is 1.64. The van der Waals surface area contributed by atoms with Gasteiger partial charge in [0.1, 0.15) is 11.4 Å². The number of nitrogens with zero attached hydrogens (tertiary/aromatic N) is 2. The number of hydrogen-bond acceptors (Lipinski definition) is 6. The van der Waals surface area contributed by atoms with E-state index in [9.17, 15) is 19.2 Å². The Morgan fingerprint density at radius 2 is 1.74 bits per heavy atom. The number of rotatable bonds is 4. The maximum atomic E-state index is 13.1. The Hall–Kier alpha value is -3.17. The first-order chi connectivity index (χ1) is 16.4. The fraction of sp³-hybridized carbons (Fsp3) is 0.640. The molecule has 1 saturated carbocycles. The van der Waals surface area contributed by atoms with Gasteiger partial charge in [0, 0.05) is 18.5 Å². The predicted molar refractivity (Wildman–Crippen MR) is 131 cm³/mol. The number of nitrogens with one attached hydrogen (secondary N) is 2. The number of ether oxygens (including phenoxy) is 1. The maximum Gasteiger partial charge on any atom is 0.413 e. The highest BCUT2D eigenvalue weighted by atomic mass is 16.6. The Kier molecular flexibility index (Phi) is 8.34. The van der Waals surface area contributed by atoms with Crippen LogP contribution >= 0.6 is 0 Å². The fourth-order valence-corrected chi connectivity index (χ4v) is 4.98. The zero-order valence-corrected chi connectivity index (χ0v) is 21.1. The standard InChI is InChI=1S/C25H37N5O5/c1-15-13-18(14-27-21(15)29-24(34)35-25(2,3)4)28-22(32)23(33)30-12-6-5-7-19(30)16-8-10-17(11-9-16)20(26)31/h13-14,16-17,19H,5-12H2,1-4H3,(H2,26,31)(H,28,32)(H,27,29,34)/t16?,17?,19-/m0/s1. The lowest BCUT2D eigenvalue weighted by molar-refractivity contribution is -0.147. The van der Waals surface area contributed by atoms with E-state index in [0.717, 1.165) is 44.9 Å². The summed E-state index contributed by atoms with van der Waals surface area (Å²) in [4.78, 5) is 55.3. The van der Waals surface area contributed by atoms with Crippen LogP contribution < -0.4 is 16.4 Å². The van der Waals surface area contributed by atoms with E-state index in [4.69, 9.17) is 10.5 Å². The molecule has 1 aromatic heterocycles. The highest BCUT2D eigenvalue weighted by Gasteiger charge is 2.38. The van der Waals surface area contributed by atoms with E-state index in [0.29, 0.717) is 23.6 Å². The maximum absolute atomic E-state index is 13.1. The molecular weight excluding hydrogens is 450 g/mol. The third kappa shape index (κ3) is 7.16. The van der Waals surface area contributed by atoms with Gasteiger partial charge in [-0.3, -0.25) is 19.7 Å². The summed E-state index contributed by atoms with van der Waals surface area (Å²) in [5.41, 5.74) is 5.80. The van der Waals surface area contributed by atoms with E-state index in [1.807, 2.05) is 0 Å². The summed E-state index contributed by atoms with van der Waals surface area (Å²) in [6.45, 7) is 7.58. The molecule has 1 aromatic rings. The molecule has 2 fully saturated rings. The third-order valence-electron chi connectivity index (χ3n) is 6.68. The molecule has 0 bridgehead atoms. The Bertz CT molecular complexity index is 965. The van der Waals surface area contributed by atoms with Gasteiger partial charge >= 0.3 is 17.9 Å². The first kappa shape index (κ1) is 26.4. The largest absolute Gasteiger partial charge is 0.444 e. The predicted octanol–water partition coefficient (Wildman–Crippen LogP) is 3.35. The van der Waals surface area contributed by atoms with Crippen molar-refractivity contribution in [1.29, 1.82) is 0 Å². The number of pyridine rings is 1. The minimum absolute atomic E-state index is 0.00362. The van der Waals surface area contributed by atoms with Crippen molar-refractivity contribution in [2.75, 3.05) is 17.2 Å². The quantitative estimate of drug-likeness (QED) is 0.556. The van der Waals surface area contributed by atoms with E-state index in [1.165, 1.54) is 6.20 Å². The van der Waals surface area contributed by atoms with E-state index < -0.39 is 23.5 Å². The van der Waals surface area contributed by atoms with Crippen LogP contribution in [-0.4, -0.2) is 51.9 Å². The monoisotopic (exact) mass is 487 g/mol. The molecule has 1 aliphatic heterocycles. The lowest BCUT2D eigenvalue weighted by Crippen LogP contribution is -2.52. The number of carbonyl (C=O) groups is 4. The number of primary amides is 1. The summed E-state index contributed by atoms with van der Waals surface area (Å²) in [7, 11) is 0. The normalized spacial score (nSPS) is 22.7. The van der Waals surface area contributed by atoms with Crippen LogP contribution in [0.2, 0.25) is 0 Å². The SMILES string of the molecule is Cc1cc(NC(=O)C(=O)N2CCCC[C@H]2C2CCC(C(N)=O)CC2)cnc1NC(=O)OC(C)(C)C. The molecule has 4 N–H and O–H groups in total. The van der Waals surface area contributed by atoms with Crippen molar-refractivity contribution >= 4 is 35.3 Å². The second-order valence-electron chi connectivity index (χ2n) is 10.5. The Morgan fingerprint density at radius 1 is 1.06 bits per heavy atom. The van der Waals surface area contributed by atoms with Crippen LogP contribution in [0.4, 0.5) is 16.3 Å². The molecule has 35 heavy (non-hydrogen) atoms. The van der Waals surface area contributed by atoms with Gasteiger partial charge in [-0.25, -0.2) is 9.78 Å². The number of amides is 4.